The maximum Gasteiger partial charge on any atom is 0.326 e. The predicted octanol–water partition coefficient (Wildman–Crippen LogP) is 1.10. The second kappa shape index (κ2) is 9.55. The third kappa shape index (κ3) is 6.88. The van der Waals surface area contributed by atoms with Gasteiger partial charge in [-0.25, -0.2) is 4.79 Å². The summed E-state index contributed by atoms with van der Waals surface area (Å²) in [4.78, 5) is 34.3. The van der Waals surface area contributed by atoms with Gasteiger partial charge in [0.2, 0.25) is 11.8 Å². The molecule has 0 aromatic heterocycles. The quantitative estimate of drug-likeness (QED) is 0.637. The molecule has 2 amide bonds. The molecule has 120 valence electrons. The van der Waals surface area contributed by atoms with Gasteiger partial charge in [0.05, 0.1) is 0 Å². The van der Waals surface area contributed by atoms with Gasteiger partial charge in [-0.05, 0) is 18.9 Å². The lowest BCUT2D eigenvalue weighted by Gasteiger charge is -2.14. The monoisotopic (exact) mass is 306 g/mol. The van der Waals surface area contributed by atoms with Crippen LogP contribution in [-0.2, 0) is 20.8 Å². The van der Waals surface area contributed by atoms with E-state index in [-0.39, 0.29) is 31.1 Å². The zero-order valence-corrected chi connectivity index (χ0v) is 12.7. The van der Waals surface area contributed by atoms with Crippen LogP contribution in [-0.4, -0.2) is 35.5 Å². The number of nitrogens with one attached hydrogen (secondary N) is 2. The van der Waals surface area contributed by atoms with Crippen molar-refractivity contribution in [3.05, 3.63) is 35.9 Å². The Balaban J connectivity index is 2.41. The van der Waals surface area contributed by atoms with Crippen molar-refractivity contribution in [2.45, 2.75) is 38.6 Å². The number of carboxylic acid groups (broad SMARTS) is 1. The highest BCUT2D eigenvalue weighted by Gasteiger charge is 2.20. The third-order valence-electron chi connectivity index (χ3n) is 3.10. The molecule has 22 heavy (non-hydrogen) atoms. The van der Waals surface area contributed by atoms with Gasteiger partial charge in [0.15, 0.2) is 0 Å². The van der Waals surface area contributed by atoms with Gasteiger partial charge in [0.1, 0.15) is 6.04 Å². The second-order valence-electron chi connectivity index (χ2n) is 4.96. The summed E-state index contributed by atoms with van der Waals surface area (Å²) in [5.74, 6) is -1.53. The summed E-state index contributed by atoms with van der Waals surface area (Å²) >= 11 is 0. The highest BCUT2D eigenvalue weighted by Crippen LogP contribution is 2.04. The van der Waals surface area contributed by atoms with Crippen LogP contribution < -0.4 is 10.6 Å². The van der Waals surface area contributed by atoms with Crippen LogP contribution in [0.4, 0.5) is 0 Å². The van der Waals surface area contributed by atoms with E-state index in [1.54, 1.807) is 0 Å². The van der Waals surface area contributed by atoms with Crippen molar-refractivity contribution >= 4 is 17.8 Å². The van der Waals surface area contributed by atoms with E-state index in [0.29, 0.717) is 13.0 Å². The largest absolute Gasteiger partial charge is 0.480 e. The molecule has 1 aromatic carbocycles. The summed E-state index contributed by atoms with van der Waals surface area (Å²) in [5, 5.41) is 14.3. The first-order chi connectivity index (χ1) is 10.5. The lowest BCUT2D eigenvalue weighted by atomic mass is 10.1. The number of benzene rings is 1. The summed E-state index contributed by atoms with van der Waals surface area (Å²) in [5.41, 5.74) is 0.845. The fourth-order valence-electron chi connectivity index (χ4n) is 2.01. The molecule has 0 spiro atoms. The van der Waals surface area contributed by atoms with Gasteiger partial charge >= 0.3 is 5.97 Å². The van der Waals surface area contributed by atoms with Crippen LogP contribution in [0.1, 0.15) is 31.7 Å². The maximum atomic E-state index is 11.8. The number of carboxylic acids is 1. The summed E-state index contributed by atoms with van der Waals surface area (Å²) in [6.07, 6.45) is 1.03. The van der Waals surface area contributed by atoms with Crippen LogP contribution in [0.15, 0.2) is 30.3 Å². The summed E-state index contributed by atoms with van der Waals surface area (Å²) in [7, 11) is 0. The highest BCUT2D eigenvalue weighted by molar-refractivity contribution is 5.84. The molecule has 0 aliphatic heterocycles. The molecule has 6 heteroatoms. The smallest absolute Gasteiger partial charge is 0.326 e. The van der Waals surface area contributed by atoms with E-state index in [9.17, 15) is 19.5 Å². The average Bonchev–Trinajstić information content (AvgIpc) is 2.48. The number of hydrogen-bond acceptors (Lipinski definition) is 3. The van der Waals surface area contributed by atoms with Crippen molar-refractivity contribution in [2.24, 2.45) is 0 Å². The molecule has 0 fully saturated rings. The molecule has 0 heterocycles. The van der Waals surface area contributed by atoms with Gasteiger partial charge in [-0.15, -0.1) is 0 Å². The number of carbonyl (C=O) groups is 3. The molecule has 0 unspecified atom stereocenters. The van der Waals surface area contributed by atoms with E-state index in [2.05, 4.69) is 10.6 Å². The van der Waals surface area contributed by atoms with Crippen molar-refractivity contribution in [3.8, 4) is 0 Å². The van der Waals surface area contributed by atoms with E-state index >= 15 is 0 Å². The molecule has 0 bridgehead atoms. The van der Waals surface area contributed by atoms with Crippen molar-refractivity contribution in [1.82, 2.24) is 10.6 Å². The number of carbonyl (C=O) groups excluding carboxylic acids is 2. The van der Waals surface area contributed by atoms with E-state index in [1.165, 1.54) is 0 Å². The fraction of sp³-hybridized carbons (Fsp3) is 0.438. The summed E-state index contributed by atoms with van der Waals surface area (Å²) in [6, 6.07) is 8.16. The Labute approximate surface area is 129 Å². The van der Waals surface area contributed by atoms with Crippen LogP contribution >= 0.6 is 0 Å². The molecule has 0 aliphatic carbocycles. The van der Waals surface area contributed by atoms with Gasteiger partial charge in [-0.1, -0.05) is 30.3 Å². The van der Waals surface area contributed by atoms with E-state index < -0.39 is 12.0 Å². The molecule has 1 aromatic rings. The van der Waals surface area contributed by atoms with Crippen LogP contribution in [0, 0.1) is 0 Å². The number of hydrogen-bond donors (Lipinski definition) is 3. The molecule has 0 radical (unpaired) electrons. The normalized spacial score (nSPS) is 11.5. The minimum absolute atomic E-state index is 0.102. The second-order valence-corrected chi connectivity index (χ2v) is 4.96. The van der Waals surface area contributed by atoms with Crippen molar-refractivity contribution in [2.75, 3.05) is 6.54 Å². The minimum atomic E-state index is -1.07. The zero-order chi connectivity index (χ0) is 16.4. The van der Waals surface area contributed by atoms with E-state index in [1.807, 2.05) is 37.3 Å². The van der Waals surface area contributed by atoms with Gasteiger partial charge in [-0.3, -0.25) is 9.59 Å². The van der Waals surface area contributed by atoms with Gasteiger partial charge in [-0.2, -0.15) is 0 Å². The van der Waals surface area contributed by atoms with Gasteiger partial charge < -0.3 is 15.7 Å². The molecule has 1 atom stereocenters. The predicted molar refractivity (Wildman–Crippen MR) is 82.2 cm³/mol. The summed E-state index contributed by atoms with van der Waals surface area (Å²) < 4.78 is 0. The molecule has 6 nitrogen and oxygen atoms in total. The SMILES string of the molecule is CCNC(=O)CCCC(=O)N[C@@H](Cc1ccccc1)C(=O)O. The van der Waals surface area contributed by atoms with Crippen molar-refractivity contribution in [3.63, 3.8) is 0 Å². The first-order valence-electron chi connectivity index (χ1n) is 7.35. The van der Waals surface area contributed by atoms with E-state index in [0.717, 1.165) is 5.56 Å². The maximum absolute atomic E-state index is 11.8. The first-order valence-corrected chi connectivity index (χ1v) is 7.35. The van der Waals surface area contributed by atoms with Crippen LogP contribution in [0.5, 0.6) is 0 Å². The molecule has 1 rings (SSSR count). The molecule has 0 saturated heterocycles. The van der Waals surface area contributed by atoms with Crippen LogP contribution in [0.25, 0.3) is 0 Å². The van der Waals surface area contributed by atoms with Crippen LogP contribution in [0.3, 0.4) is 0 Å². The Morgan fingerprint density at radius 1 is 1.09 bits per heavy atom. The Bertz CT molecular complexity index is 502. The van der Waals surface area contributed by atoms with Gasteiger partial charge in [0, 0.05) is 25.8 Å². The molecule has 0 aliphatic rings. The van der Waals surface area contributed by atoms with Crippen molar-refractivity contribution < 1.29 is 19.5 Å². The Kier molecular flexibility index (Phi) is 7.67. The van der Waals surface area contributed by atoms with Crippen molar-refractivity contribution in [1.29, 1.82) is 0 Å². The fourth-order valence-corrected chi connectivity index (χ4v) is 2.01. The standard InChI is InChI=1S/C16H22N2O4/c1-2-17-14(19)9-6-10-15(20)18-13(16(21)22)11-12-7-4-3-5-8-12/h3-5,7-8,13H,2,6,9-11H2,1H3,(H,17,19)(H,18,20)(H,21,22)/t13-/m0/s1. The topological polar surface area (TPSA) is 95.5 Å². The zero-order valence-electron chi connectivity index (χ0n) is 12.7. The molecule has 3 N–H and O–H groups in total. The first kappa shape index (κ1) is 17.7. The lowest BCUT2D eigenvalue weighted by molar-refractivity contribution is -0.141. The van der Waals surface area contributed by atoms with Crippen LogP contribution in [0.2, 0.25) is 0 Å². The highest BCUT2D eigenvalue weighted by atomic mass is 16.4. The van der Waals surface area contributed by atoms with Gasteiger partial charge in [0.25, 0.3) is 0 Å². The molecule has 0 saturated carbocycles. The van der Waals surface area contributed by atoms with E-state index in [4.69, 9.17) is 0 Å². The minimum Gasteiger partial charge on any atom is -0.480 e. The Hall–Kier alpha value is -2.37. The lowest BCUT2D eigenvalue weighted by Crippen LogP contribution is -2.42. The number of rotatable bonds is 9. The number of amides is 2. The molecular formula is C16H22N2O4. The third-order valence-corrected chi connectivity index (χ3v) is 3.10. The summed E-state index contributed by atoms with van der Waals surface area (Å²) in [6.45, 7) is 2.38. The Morgan fingerprint density at radius 2 is 1.73 bits per heavy atom. The molecular weight excluding hydrogens is 284 g/mol. The Morgan fingerprint density at radius 3 is 2.32 bits per heavy atom. The average molecular weight is 306 g/mol. The number of aliphatic carboxylic acids is 1.